The molecule has 1 unspecified atom stereocenters. The molecule has 114 valence electrons. The Morgan fingerprint density at radius 1 is 1.38 bits per heavy atom. The summed E-state index contributed by atoms with van der Waals surface area (Å²) in [5, 5.41) is 2.63. The molecule has 1 aromatic rings. The molecule has 0 radical (unpaired) electrons. The molecule has 1 atom stereocenters. The third-order valence-electron chi connectivity index (χ3n) is 3.51. The first kappa shape index (κ1) is 15.2. The quantitative estimate of drug-likeness (QED) is 0.924. The minimum absolute atomic E-state index is 0.131. The second kappa shape index (κ2) is 5.67. The van der Waals surface area contributed by atoms with Gasteiger partial charge in [0.25, 0.3) is 5.91 Å². The van der Waals surface area contributed by atoms with E-state index >= 15 is 0 Å². The molecular weight excluding hydrogens is 282 g/mol. The number of anilines is 1. The summed E-state index contributed by atoms with van der Waals surface area (Å²) >= 11 is 0. The number of piperazine rings is 1. The molecule has 0 spiro atoms. The van der Waals surface area contributed by atoms with Crippen LogP contribution in [-0.4, -0.2) is 30.5 Å². The van der Waals surface area contributed by atoms with Gasteiger partial charge in [0.2, 0.25) is 5.91 Å². The van der Waals surface area contributed by atoms with Crippen LogP contribution in [0.3, 0.4) is 0 Å². The van der Waals surface area contributed by atoms with Gasteiger partial charge in [-0.1, -0.05) is 19.1 Å². The van der Waals surface area contributed by atoms with Crippen molar-refractivity contribution in [2.75, 3.05) is 11.4 Å². The first-order valence-electron chi connectivity index (χ1n) is 6.54. The van der Waals surface area contributed by atoms with E-state index in [2.05, 4.69) is 10.1 Å². The molecule has 21 heavy (non-hydrogen) atoms. The maximum atomic E-state index is 12.5. The lowest BCUT2D eigenvalue weighted by molar-refractivity contribution is -0.135. The minimum Gasteiger partial charge on any atom is -0.433 e. The van der Waals surface area contributed by atoms with Gasteiger partial charge in [-0.3, -0.25) is 14.5 Å². The highest BCUT2D eigenvalue weighted by Crippen LogP contribution is 2.32. The summed E-state index contributed by atoms with van der Waals surface area (Å²) in [6, 6.07) is 5.93. The summed E-state index contributed by atoms with van der Waals surface area (Å²) in [7, 11) is 0. The number of rotatable bonds is 4. The molecule has 0 aliphatic carbocycles. The molecular formula is C14H16F2N2O3. The molecule has 1 aliphatic heterocycles. The van der Waals surface area contributed by atoms with Gasteiger partial charge in [-0.2, -0.15) is 8.78 Å². The summed E-state index contributed by atoms with van der Waals surface area (Å²) in [5.74, 6) is -0.824. The van der Waals surface area contributed by atoms with Crippen LogP contribution in [0.4, 0.5) is 14.5 Å². The van der Waals surface area contributed by atoms with Gasteiger partial charge < -0.3 is 10.1 Å². The summed E-state index contributed by atoms with van der Waals surface area (Å²) in [4.78, 5) is 25.5. The van der Waals surface area contributed by atoms with E-state index in [1.165, 1.54) is 23.1 Å². The number of ether oxygens (including phenoxy) is 1. The Hall–Kier alpha value is -2.18. The Bertz CT molecular complexity index is 565. The highest BCUT2D eigenvalue weighted by Gasteiger charge is 2.42. The van der Waals surface area contributed by atoms with Crippen molar-refractivity contribution in [3.05, 3.63) is 24.3 Å². The standard InChI is InChI=1S/C14H16F2N2O3/c1-3-14(2)12(20)18(8-11(19)17-14)9-6-4-5-7-10(9)21-13(15)16/h4-7,13H,3,8H2,1-2H3,(H,17,19). The summed E-state index contributed by atoms with van der Waals surface area (Å²) in [6.07, 6.45) is 0.395. The van der Waals surface area contributed by atoms with Crippen LogP contribution in [0.5, 0.6) is 5.75 Å². The lowest BCUT2D eigenvalue weighted by atomic mass is 9.94. The molecule has 5 nitrogen and oxygen atoms in total. The number of para-hydroxylation sites is 2. The van der Waals surface area contributed by atoms with Crippen molar-refractivity contribution >= 4 is 17.5 Å². The molecule has 1 aromatic carbocycles. The van der Waals surface area contributed by atoms with Gasteiger partial charge in [0.05, 0.1) is 5.69 Å². The number of carbonyl (C=O) groups excluding carboxylic acids is 2. The highest BCUT2D eigenvalue weighted by molar-refractivity contribution is 6.09. The van der Waals surface area contributed by atoms with E-state index in [4.69, 9.17) is 0 Å². The third-order valence-corrected chi connectivity index (χ3v) is 3.51. The lowest BCUT2D eigenvalue weighted by Gasteiger charge is -2.39. The average molecular weight is 298 g/mol. The van der Waals surface area contributed by atoms with Crippen molar-refractivity contribution < 1.29 is 23.1 Å². The molecule has 2 amide bonds. The van der Waals surface area contributed by atoms with E-state index in [-0.39, 0.29) is 29.8 Å². The number of carbonyl (C=O) groups is 2. The smallest absolute Gasteiger partial charge is 0.387 e. The van der Waals surface area contributed by atoms with E-state index in [0.717, 1.165) is 0 Å². The van der Waals surface area contributed by atoms with Crippen LogP contribution in [0.15, 0.2) is 24.3 Å². The third kappa shape index (κ3) is 2.96. The molecule has 1 saturated heterocycles. The Morgan fingerprint density at radius 2 is 2.05 bits per heavy atom. The number of alkyl halides is 2. The summed E-state index contributed by atoms with van der Waals surface area (Å²) in [6.45, 7) is 0.148. The molecule has 0 aromatic heterocycles. The van der Waals surface area contributed by atoms with Crippen molar-refractivity contribution in [3.8, 4) is 5.75 Å². The fraction of sp³-hybridized carbons (Fsp3) is 0.429. The van der Waals surface area contributed by atoms with Crippen LogP contribution in [0.1, 0.15) is 20.3 Å². The highest BCUT2D eigenvalue weighted by atomic mass is 19.3. The van der Waals surface area contributed by atoms with E-state index in [1.807, 2.05) is 0 Å². The van der Waals surface area contributed by atoms with Crippen molar-refractivity contribution in [2.24, 2.45) is 0 Å². The van der Waals surface area contributed by atoms with Gasteiger partial charge in [-0.15, -0.1) is 0 Å². The number of halogens is 2. The number of nitrogens with one attached hydrogen (secondary N) is 1. The van der Waals surface area contributed by atoms with Crippen molar-refractivity contribution in [1.82, 2.24) is 5.32 Å². The van der Waals surface area contributed by atoms with E-state index in [1.54, 1.807) is 19.9 Å². The van der Waals surface area contributed by atoms with Crippen LogP contribution < -0.4 is 15.0 Å². The molecule has 1 heterocycles. The van der Waals surface area contributed by atoms with Gasteiger partial charge in [-0.25, -0.2) is 0 Å². The number of hydrogen-bond donors (Lipinski definition) is 1. The number of amides is 2. The second-order valence-corrected chi connectivity index (χ2v) is 4.97. The minimum atomic E-state index is -3.00. The lowest BCUT2D eigenvalue weighted by Crippen LogP contribution is -2.65. The van der Waals surface area contributed by atoms with Crippen molar-refractivity contribution in [3.63, 3.8) is 0 Å². The maximum Gasteiger partial charge on any atom is 0.387 e. The normalized spacial score (nSPS) is 22.4. The fourth-order valence-electron chi connectivity index (χ4n) is 2.22. The first-order valence-corrected chi connectivity index (χ1v) is 6.54. The Morgan fingerprint density at radius 3 is 2.67 bits per heavy atom. The second-order valence-electron chi connectivity index (χ2n) is 4.97. The van der Waals surface area contributed by atoms with Crippen molar-refractivity contribution in [1.29, 1.82) is 0 Å². The van der Waals surface area contributed by atoms with E-state index < -0.39 is 12.2 Å². The molecule has 2 rings (SSSR count). The Kier molecular flexibility index (Phi) is 4.11. The molecule has 0 saturated carbocycles. The topological polar surface area (TPSA) is 58.6 Å². The van der Waals surface area contributed by atoms with Crippen LogP contribution >= 0.6 is 0 Å². The average Bonchev–Trinajstić information content (AvgIpc) is 2.43. The van der Waals surface area contributed by atoms with Crippen molar-refractivity contribution in [2.45, 2.75) is 32.4 Å². The maximum absolute atomic E-state index is 12.5. The SMILES string of the molecule is CCC1(C)NC(=O)CN(c2ccccc2OC(F)F)C1=O. The summed E-state index contributed by atoms with van der Waals surface area (Å²) < 4.78 is 29.3. The Labute approximate surface area is 120 Å². The molecule has 0 bridgehead atoms. The zero-order valence-corrected chi connectivity index (χ0v) is 11.7. The zero-order valence-electron chi connectivity index (χ0n) is 11.7. The monoisotopic (exact) mass is 298 g/mol. The van der Waals surface area contributed by atoms with Crippen LogP contribution in [0.25, 0.3) is 0 Å². The fourth-order valence-corrected chi connectivity index (χ4v) is 2.22. The Balaban J connectivity index is 2.41. The molecule has 1 aliphatic rings. The first-order chi connectivity index (χ1) is 9.87. The number of hydrogen-bond acceptors (Lipinski definition) is 3. The predicted molar refractivity (Wildman–Crippen MR) is 72.3 cm³/mol. The molecule has 1 fully saturated rings. The molecule has 1 N–H and O–H groups in total. The van der Waals surface area contributed by atoms with Gasteiger partial charge >= 0.3 is 6.61 Å². The van der Waals surface area contributed by atoms with Crippen LogP contribution in [-0.2, 0) is 9.59 Å². The van der Waals surface area contributed by atoms with E-state index in [0.29, 0.717) is 6.42 Å². The summed E-state index contributed by atoms with van der Waals surface area (Å²) in [5.41, 5.74) is -0.884. The van der Waals surface area contributed by atoms with Crippen LogP contribution in [0.2, 0.25) is 0 Å². The largest absolute Gasteiger partial charge is 0.433 e. The van der Waals surface area contributed by atoms with Gasteiger partial charge in [0.1, 0.15) is 17.8 Å². The van der Waals surface area contributed by atoms with Crippen LogP contribution in [0, 0.1) is 0 Å². The van der Waals surface area contributed by atoms with Gasteiger partial charge in [0, 0.05) is 0 Å². The molecule has 7 heteroatoms. The predicted octanol–water partition coefficient (Wildman–Crippen LogP) is 1.92. The number of nitrogens with zero attached hydrogens (tertiary/aromatic N) is 1. The van der Waals surface area contributed by atoms with Gasteiger partial charge in [0.15, 0.2) is 0 Å². The van der Waals surface area contributed by atoms with E-state index in [9.17, 15) is 18.4 Å². The zero-order chi connectivity index (χ0) is 15.6. The van der Waals surface area contributed by atoms with Gasteiger partial charge in [-0.05, 0) is 25.5 Å². The number of benzene rings is 1.